The van der Waals surface area contributed by atoms with Crippen molar-refractivity contribution >= 4 is 11.6 Å². The van der Waals surface area contributed by atoms with E-state index in [1.165, 1.54) is 11.1 Å². The van der Waals surface area contributed by atoms with Crippen LogP contribution in [-0.2, 0) is 29.0 Å². The first-order valence-corrected chi connectivity index (χ1v) is 6.84. The fraction of sp³-hybridized carbons (Fsp3) is 0.235. The molecule has 0 unspecified atom stereocenters. The van der Waals surface area contributed by atoms with Crippen molar-refractivity contribution in [2.75, 3.05) is 11.9 Å². The van der Waals surface area contributed by atoms with E-state index in [4.69, 9.17) is 4.74 Å². The highest BCUT2D eigenvalue weighted by atomic mass is 16.5. The van der Waals surface area contributed by atoms with Crippen LogP contribution in [-0.4, -0.2) is 12.5 Å². The average molecular weight is 267 g/mol. The van der Waals surface area contributed by atoms with Gasteiger partial charge in [0.25, 0.3) is 0 Å². The van der Waals surface area contributed by atoms with Crippen LogP contribution in [0.15, 0.2) is 48.5 Å². The number of hydrogen-bond donors (Lipinski definition) is 1. The Balaban J connectivity index is 1.67. The lowest BCUT2D eigenvalue weighted by atomic mass is 9.99. The molecule has 0 fully saturated rings. The molecule has 1 N–H and O–H groups in total. The van der Waals surface area contributed by atoms with Crippen molar-refractivity contribution in [1.29, 1.82) is 0 Å². The first-order valence-electron chi connectivity index (χ1n) is 6.84. The van der Waals surface area contributed by atoms with E-state index in [2.05, 4.69) is 17.4 Å². The van der Waals surface area contributed by atoms with Crippen LogP contribution < -0.4 is 5.32 Å². The van der Waals surface area contributed by atoms with Gasteiger partial charge in [0.2, 0.25) is 5.91 Å². The fourth-order valence-corrected chi connectivity index (χ4v) is 2.44. The highest BCUT2D eigenvalue weighted by molar-refractivity contribution is 5.92. The van der Waals surface area contributed by atoms with E-state index in [1.54, 1.807) is 0 Å². The maximum Gasteiger partial charge on any atom is 0.228 e. The van der Waals surface area contributed by atoms with Gasteiger partial charge in [-0.3, -0.25) is 4.79 Å². The zero-order valence-corrected chi connectivity index (χ0v) is 11.3. The summed E-state index contributed by atoms with van der Waals surface area (Å²) < 4.78 is 5.42. The summed E-state index contributed by atoms with van der Waals surface area (Å²) in [5.41, 5.74) is 4.44. The monoisotopic (exact) mass is 267 g/mol. The maximum absolute atomic E-state index is 12.0. The third kappa shape index (κ3) is 3.06. The second kappa shape index (κ2) is 5.88. The lowest BCUT2D eigenvalue weighted by Crippen LogP contribution is -2.15. The molecule has 0 saturated carbocycles. The number of hydrogen-bond acceptors (Lipinski definition) is 2. The van der Waals surface area contributed by atoms with E-state index in [9.17, 15) is 4.79 Å². The molecule has 20 heavy (non-hydrogen) atoms. The minimum Gasteiger partial charge on any atom is -0.376 e. The molecule has 2 aromatic rings. The minimum absolute atomic E-state index is 0.0169. The largest absolute Gasteiger partial charge is 0.376 e. The van der Waals surface area contributed by atoms with Crippen molar-refractivity contribution in [3.8, 4) is 0 Å². The predicted octanol–water partition coefficient (Wildman–Crippen LogP) is 2.94. The summed E-state index contributed by atoms with van der Waals surface area (Å²) in [7, 11) is 0. The van der Waals surface area contributed by atoms with E-state index in [-0.39, 0.29) is 5.91 Å². The number of ether oxygens (including phenoxy) is 1. The Morgan fingerprint density at radius 3 is 2.80 bits per heavy atom. The van der Waals surface area contributed by atoms with E-state index in [1.807, 2.05) is 36.4 Å². The molecule has 0 saturated heterocycles. The van der Waals surface area contributed by atoms with Gasteiger partial charge in [-0.25, -0.2) is 0 Å². The molecule has 1 aliphatic rings. The molecule has 1 amide bonds. The molecule has 0 bridgehead atoms. The molecule has 3 heteroatoms. The Bertz CT molecular complexity index is 608. The lowest BCUT2D eigenvalue weighted by Gasteiger charge is -2.17. The highest BCUT2D eigenvalue weighted by Gasteiger charge is 2.11. The molecule has 0 aliphatic carbocycles. The number of benzene rings is 2. The zero-order chi connectivity index (χ0) is 13.8. The minimum atomic E-state index is 0.0169. The number of nitrogens with one attached hydrogen (secondary N) is 1. The molecule has 3 nitrogen and oxygen atoms in total. The van der Waals surface area contributed by atoms with Crippen LogP contribution >= 0.6 is 0 Å². The predicted molar refractivity (Wildman–Crippen MR) is 78.6 cm³/mol. The molecular weight excluding hydrogens is 250 g/mol. The summed E-state index contributed by atoms with van der Waals surface area (Å²) in [6.45, 7) is 1.46. The van der Waals surface area contributed by atoms with Gasteiger partial charge >= 0.3 is 0 Å². The van der Waals surface area contributed by atoms with Crippen LogP contribution in [0.5, 0.6) is 0 Å². The summed E-state index contributed by atoms with van der Waals surface area (Å²) in [4.78, 5) is 12.0. The van der Waals surface area contributed by atoms with Crippen molar-refractivity contribution in [3.63, 3.8) is 0 Å². The SMILES string of the molecule is O=C(Cc1ccc2c(c1)CCOC2)Nc1ccccc1. The number of carbonyl (C=O) groups excluding carboxylic acids is 1. The Morgan fingerprint density at radius 2 is 1.95 bits per heavy atom. The maximum atomic E-state index is 12.0. The van der Waals surface area contributed by atoms with E-state index in [0.29, 0.717) is 13.0 Å². The molecule has 0 aromatic heterocycles. The van der Waals surface area contributed by atoms with Gasteiger partial charge in [-0.05, 0) is 35.2 Å². The molecular formula is C17H17NO2. The van der Waals surface area contributed by atoms with Gasteiger partial charge in [0.05, 0.1) is 19.6 Å². The first-order chi connectivity index (χ1) is 9.81. The molecule has 0 spiro atoms. The second-order valence-electron chi connectivity index (χ2n) is 5.00. The van der Waals surface area contributed by atoms with Gasteiger partial charge in [-0.1, -0.05) is 36.4 Å². The van der Waals surface area contributed by atoms with Crippen molar-refractivity contribution in [3.05, 3.63) is 65.2 Å². The zero-order valence-electron chi connectivity index (χ0n) is 11.3. The summed E-state index contributed by atoms with van der Waals surface area (Å²) in [5, 5.41) is 2.91. The summed E-state index contributed by atoms with van der Waals surface area (Å²) in [6.07, 6.45) is 1.34. The van der Waals surface area contributed by atoms with Crippen LogP contribution in [0, 0.1) is 0 Å². The lowest BCUT2D eigenvalue weighted by molar-refractivity contribution is -0.115. The number of para-hydroxylation sites is 1. The fourth-order valence-electron chi connectivity index (χ4n) is 2.44. The number of rotatable bonds is 3. The number of fused-ring (bicyclic) bond motifs is 1. The van der Waals surface area contributed by atoms with Crippen molar-refractivity contribution < 1.29 is 9.53 Å². The van der Waals surface area contributed by atoms with Crippen LogP contribution in [0.2, 0.25) is 0 Å². The second-order valence-corrected chi connectivity index (χ2v) is 5.00. The van der Waals surface area contributed by atoms with Gasteiger partial charge in [0.15, 0.2) is 0 Å². The normalized spacial score (nSPS) is 13.6. The molecule has 0 radical (unpaired) electrons. The van der Waals surface area contributed by atoms with Gasteiger partial charge < -0.3 is 10.1 Å². The summed E-state index contributed by atoms with van der Waals surface area (Å²) >= 11 is 0. The first kappa shape index (κ1) is 12.9. The molecule has 0 atom stereocenters. The van der Waals surface area contributed by atoms with E-state index < -0.39 is 0 Å². The topological polar surface area (TPSA) is 38.3 Å². The van der Waals surface area contributed by atoms with Gasteiger partial charge in [-0.2, -0.15) is 0 Å². The third-order valence-electron chi connectivity index (χ3n) is 3.47. The van der Waals surface area contributed by atoms with E-state index in [0.717, 1.165) is 24.3 Å². The Kier molecular flexibility index (Phi) is 3.79. The molecule has 1 aliphatic heterocycles. The highest BCUT2D eigenvalue weighted by Crippen LogP contribution is 2.19. The van der Waals surface area contributed by atoms with E-state index >= 15 is 0 Å². The summed E-state index contributed by atoms with van der Waals surface area (Å²) in [6, 6.07) is 15.7. The quantitative estimate of drug-likeness (QED) is 0.928. The van der Waals surface area contributed by atoms with Crippen LogP contribution in [0.1, 0.15) is 16.7 Å². The van der Waals surface area contributed by atoms with Gasteiger partial charge in [0.1, 0.15) is 0 Å². The van der Waals surface area contributed by atoms with Crippen molar-refractivity contribution in [2.24, 2.45) is 0 Å². The molecule has 102 valence electrons. The third-order valence-corrected chi connectivity index (χ3v) is 3.47. The van der Waals surface area contributed by atoms with Gasteiger partial charge in [0, 0.05) is 5.69 Å². The smallest absolute Gasteiger partial charge is 0.228 e. The average Bonchev–Trinajstić information content (AvgIpc) is 2.48. The Hall–Kier alpha value is -2.13. The van der Waals surface area contributed by atoms with Crippen LogP contribution in [0.25, 0.3) is 0 Å². The Morgan fingerprint density at radius 1 is 1.10 bits per heavy atom. The number of amides is 1. The summed E-state index contributed by atoms with van der Waals surface area (Å²) in [5.74, 6) is 0.0169. The molecule has 3 rings (SSSR count). The Labute approximate surface area is 118 Å². The van der Waals surface area contributed by atoms with Gasteiger partial charge in [-0.15, -0.1) is 0 Å². The van der Waals surface area contributed by atoms with Crippen molar-refractivity contribution in [2.45, 2.75) is 19.4 Å². The molecule has 1 heterocycles. The number of anilines is 1. The molecule has 2 aromatic carbocycles. The standard InChI is InChI=1S/C17H17NO2/c19-17(18-16-4-2-1-3-5-16)11-13-6-7-15-12-20-9-8-14(15)10-13/h1-7,10H,8-9,11-12H2,(H,18,19). The van der Waals surface area contributed by atoms with Crippen LogP contribution in [0.3, 0.4) is 0 Å². The van der Waals surface area contributed by atoms with Crippen LogP contribution in [0.4, 0.5) is 5.69 Å². The number of carbonyl (C=O) groups is 1. The van der Waals surface area contributed by atoms with Crippen molar-refractivity contribution in [1.82, 2.24) is 0 Å².